The number of aliphatic hydroxyl groups excluding tert-OH is 1. The van der Waals surface area contributed by atoms with Gasteiger partial charge in [0.15, 0.2) is 0 Å². The van der Waals surface area contributed by atoms with E-state index < -0.39 is 59.3 Å². The Bertz CT molecular complexity index is 1200. The fourth-order valence-corrected chi connectivity index (χ4v) is 3.54. The molecule has 0 fully saturated rings. The van der Waals surface area contributed by atoms with Gasteiger partial charge in [-0.3, -0.25) is 4.79 Å². The molecule has 1 heterocycles. The van der Waals surface area contributed by atoms with Gasteiger partial charge in [-0.1, -0.05) is 24.3 Å². The molecule has 12 heteroatoms. The molecule has 0 spiro atoms. The van der Waals surface area contributed by atoms with Crippen LogP contribution in [-0.2, 0) is 28.3 Å². The number of nitrogens with zero attached hydrogens (tertiary/aromatic N) is 1. The molecule has 2 unspecified atom stereocenters. The molecule has 0 bridgehead atoms. The van der Waals surface area contributed by atoms with Crippen molar-refractivity contribution >= 4 is 16.9 Å². The number of phenolic OH excluding ortho intramolecular Hbond substituents is 1. The van der Waals surface area contributed by atoms with Gasteiger partial charge in [0, 0.05) is 11.9 Å². The summed E-state index contributed by atoms with van der Waals surface area (Å²) in [6.45, 7) is -0.482. The number of aromatic hydroxyl groups is 1. The maximum Gasteiger partial charge on any atom is 0.433 e. The van der Waals surface area contributed by atoms with Gasteiger partial charge in [-0.25, -0.2) is 4.98 Å². The zero-order valence-corrected chi connectivity index (χ0v) is 18.1. The summed E-state index contributed by atoms with van der Waals surface area (Å²) in [7, 11) is 1.12. The van der Waals surface area contributed by atoms with Crippen LogP contribution in [0.5, 0.6) is 5.75 Å². The maximum absolute atomic E-state index is 13.4. The molecule has 2 atom stereocenters. The highest BCUT2D eigenvalue weighted by atomic mass is 19.4. The van der Waals surface area contributed by atoms with E-state index in [1.165, 1.54) is 24.3 Å². The number of fused-ring (bicyclic) bond motifs is 1. The highest BCUT2D eigenvalue weighted by molar-refractivity contribution is 5.86. The molecule has 0 saturated heterocycles. The van der Waals surface area contributed by atoms with Crippen molar-refractivity contribution in [3.63, 3.8) is 0 Å². The van der Waals surface area contributed by atoms with E-state index in [0.29, 0.717) is 17.7 Å². The summed E-state index contributed by atoms with van der Waals surface area (Å²) in [5.41, 5.74) is -3.75. The fourth-order valence-electron chi connectivity index (χ4n) is 3.54. The van der Waals surface area contributed by atoms with Crippen molar-refractivity contribution in [1.82, 2.24) is 10.3 Å². The number of hydrogen-bond acceptors (Lipinski definition) is 6. The molecule has 1 aromatic heterocycles. The standard InChI is InChI=1S/C23H20F6N2O4/c1-35-21(34)17(9-12-5-7-13(32)8-6-12)30-11-18(33)15-10-19(23(27,28)29)31-20-14(15)3-2-4-16(20)22(24,25)26/h2-8,10,17-18,30,32-33H,9,11H2,1H3. The van der Waals surface area contributed by atoms with Gasteiger partial charge in [-0.05, 0) is 41.8 Å². The monoisotopic (exact) mass is 502 g/mol. The van der Waals surface area contributed by atoms with Crippen LogP contribution in [0.3, 0.4) is 0 Å². The molecule has 0 amide bonds. The first-order valence-electron chi connectivity index (χ1n) is 10.2. The van der Waals surface area contributed by atoms with E-state index in [-0.39, 0.29) is 17.6 Å². The average Bonchev–Trinajstić information content (AvgIpc) is 2.79. The summed E-state index contributed by atoms with van der Waals surface area (Å²) in [5.74, 6) is -0.741. The number of rotatable bonds is 7. The lowest BCUT2D eigenvalue weighted by Crippen LogP contribution is -2.41. The Morgan fingerprint density at radius 2 is 1.71 bits per heavy atom. The lowest BCUT2D eigenvalue weighted by atomic mass is 9.99. The number of benzene rings is 2. The molecular weight excluding hydrogens is 482 g/mol. The molecule has 2 aromatic carbocycles. The second-order valence-electron chi connectivity index (χ2n) is 7.66. The summed E-state index contributed by atoms with van der Waals surface area (Å²) in [4.78, 5) is 15.4. The molecule has 0 aliphatic heterocycles. The van der Waals surface area contributed by atoms with Gasteiger partial charge in [0.05, 0.1) is 24.3 Å². The van der Waals surface area contributed by atoms with Crippen LogP contribution in [-0.4, -0.2) is 40.9 Å². The summed E-state index contributed by atoms with van der Waals surface area (Å²) in [6.07, 6.45) is -11.7. The lowest BCUT2D eigenvalue weighted by Gasteiger charge is -2.21. The van der Waals surface area contributed by atoms with Gasteiger partial charge in [-0.2, -0.15) is 26.3 Å². The molecule has 188 valence electrons. The SMILES string of the molecule is COC(=O)C(Cc1ccc(O)cc1)NCC(O)c1cc(C(F)(F)F)nc2c(C(F)(F)F)cccc12. The fraction of sp³-hybridized carbons (Fsp3) is 0.304. The third-order valence-corrected chi connectivity index (χ3v) is 5.25. The van der Waals surface area contributed by atoms with Gasteiger partial charge in [0.25, 0.3) is 0 Å². The quantitative estimate of drug-likeness (QED) is 0.328. The lowest BCUT2D eigenvalue weighted by molar-refractivity contribution is -0.143. The van der Waals surface area contributed by atoms with Gasteiger partial charge in [0.1, 0.15) is 17.5 Å². The summed E-state index contributed by atoms with van der Waals surface area (Å²) < 4.78 is 85.2. The Labute approximate surface area is 195 Å². The summed E-state index contributed by atoms with van der Waals surface area (Å²) in [6, 6.07) is 8.03. The Kier molecular flexibility index (Phi) is 7.56. The third kappa shape index (κ3) is 6.20. The number of nitrogens with one attached hydrogen (secondary N) is 1. The summed E-state index contributed by atoms with van der Waals surface area (Å²) in [5, 5.41) is 22.5. The Balaban J connectivity index is 1.96. The smallest absolute Gasteiger partial charge is 0.433 e. The first-order chi connectivity index (χ1) is 16.3. The van der Waals surface area contributed by atoms with Gasteiger partial charge in [0.2, 0.25) is 0 Å². The number of phenols is 1. The van der Waals surface area contributed by atoms with Crippen LogP contribution >= 0.6 is 0 Å². The predicted molar refractivity (Wildman–Crippen MR) is 112 cm³/mol. The van der Waals surface area contributed by atoms with Crippen LogP contribution in [0.4, 0.5) is 26.3 Å². The number of halogens is 6. The number of ether oxygens (including phenoxy) is 1. The first kappa shape index (κ1) is 26.2. The Morgan fingerprint density at radius 3 is 2.29 bits per heavy atom. The average molecular weight is 502 g/mol. The second kappa shape index (κ2) is 10.1. The highest BCUT2D eigenvalue weighted by Crippen LogP contribution is 2.38. The number of aromatic nitrogens is 1. The molecular formula is C23H20F6N2O4. The van der Waals surface area contributed by atoms with E-state index >= 15 is 0 Å². The van der Waals surface area contributed by atoms with Crippen LogP contribution in [0, 0.1) is 0 Å². The third-order valence-electron chi connectivity index (χ3n) is 5.25. The summed E-state index contributed by atoms with van der Waals surface area (Å²) >= 11 is 0. The minimum absolute atomic E-state index is 0.00462. The largest absolute Gasteiger partial charge is 0.508 e. The molecule has 6 nitrogen and oxygen atoms in total. The number of carbonyl (C=O) groups is 1. The van der Waals surface area contributed by atoms with Crippen LogP contribution in [0.2, 0.25) is 0 Å². The highest BCUT2D eigenvalue weighted by Gasteiger charge is 2.38. The molecule has 35 heavy (non-hydrogen) atoms. The molecule has 0 saturated carbocycles. The number of alkyl halides is 6. The number of carbonyl (C=O) groups excluding carboxylic acids is 1. The minimum Gasteiger partial charge on any atom is -0.508 e. The zero-order chi connectivity index (χ0) is 26.0. The number of methoxy groups -OCH3 is 1. The van der Waals surface area contributed by atoms with Crippen molar-refractivity contribution in [2.45, 2.75) is 30.9 Å². The maximum atomic E-state index is 13.4. The van der Waals surface area contributed by atoms with Crippen molar-refractivity contribution in [2.75, 3.05) is 13.7 Å². The van der Waals surface area contributed by atoms with Crippen LogP contribution in [0.1, 0.15) is 28.5 Å². The Morgan fingerprint density at radius 1 is 1.06 bits per heavy atom. The molecule has 0 aliphatic carbocycles. The van der Waals surface area contributed by atoms with Gasteiger partial charge in [-0.15, -0.1) is 0 Å². The van der Waals surface area contributed by atoms with E-state index in [2.05, 4.69) is 10.3 Å². The van der Waals surface area contributed by atoms with Crippen LogP contribution in [0.15, 0.2) is 48.5 Å². The van der Waals surface area contributed by atoms with E-state index in [1.54, 1.807) is 0 Å². The number of para-hydroxylation sites is 1. The second-order valence-corrected chi connectivity index (χ2v) is 7.66. The number of esters is 1. The van der Waals surface area contributed by atoms with Crippen molar-refractivity contribution < 1.29 is 46.1 Å². The van der Waals surface area contributed by atoms with E-state index in [9.17, 15) is 41.4 Å². The van der Waals surface area contributed by atoms with E-state index in [4.69, 9.17) is 4.74 Å². The van der Waals surface area contributed by atoms with E-state index in [0.717, 1.165) is 19.2 Å². The minimum atomic E-state index is -5.07. The van der Waals surface area contributed by atoms with Crippen molar-refractivity contribution in [1.29, 1.82) is 0 Å². The van der Waals surface area contributed by atoms with Gasteiger partial charge >= 0.3 is 18.3 Å². The van der Waals surface area contributed by atoms with Crippen molar-refractivity contribution in [3.05, 3.63) is 70.9 Å². The number of hydrogen-bond donors (Lipinski definition) is 3. The van der Waals surface area contributed by atoms with Crippen molar-refractivity contribution in [2.24, 2.45) is 0 Å². The topological polar surface area (TPSA) is 91.7 Å². The molecule has 0 aliphatic rings. The zero-order valence-electron chi connectivity index (χ0n) is 18.1. The van der Waals surface area contributed by atoms with Crippen LogP contribution in [0.25, 0.3) is 10.9 Å². The van der Waals surface area contributed by atoms with Crippen molar-refractivity contribution in [3.8, 4) is 5.75 Å². The normalized spacial score (nSPS) is 14.1. The van der Waals surface area contributed by atoms with Crippen LogP contribution < -0.4 is 5.32 Å². The molecule has 3 rings (SSSR count). The molecule has 3 aromatic rings. The predicted octanol–water partition coefficient (Wildman–Crippen LogP) is 4.39. The van der Waals surface area contributed by atoms with E-state index in [1.807, 2.05) is 0 Å². The molecule has 3 N–H and O–H groups in total. The molecule has 0 radical (unpaired) electrons. The Hall–Kier alpha value is -3.38. The van der Waals surface area contributed by atoms with Gasteiger partial charge < -0.3 is 20.3 Å². The first-order valence-corrected chi connectivity index (χ1v) is 10.2. The number of pyridine rings is 1. The number of aliphatic hydroxyl groups is 1.